The first kappa shape index (κ1) is 18.5. The molecule has 0 radical (unpaired) electrons. The Hall–Kier alpha value is -2.34. The number of nitrogens with one attached hydrogen (secondary N) is 1. The summed E-state index contributed by atoms with van der Waals surface area (Å²) in [5, 5.41) is 0. The molecule has 26 heavy (non-hydrogen) atoms. The van der Waals surface area contributed by atoms with Crippen LogP contribution in [0.15, 0.2) is 22.8 Å². The zero-order chi connectivity index (χ0) is 18.7. The lowest BCUT2D eigenvalue weighted by atomic mass is 10.1. The number of furan rings is 1. The number of carbonyl (C=O) groups excluding carboxylic acids is 2. The van der Waals surface area contributed by atoms with Crippen molar-refractivity contribution in [1.29, 1.82) is 0 Å². The quantitative estimate of drug-likeness (QED) is 0.604. The minimum absolute atomic E-state index is 0.0146. The Morgan fingerprint density at radius 1 is 1.31 bits per heavy atom. The summed E-state index contributed by atoms with van der Waals surface area (Å²) in [5.74, 6) is 0.428. The van der Waals surface area contributed by atoms with E-state index in [1.807, 2.05) is 12.1 Å². The van der Waals surface area contributed by atoms with Crippen LogP contribution >= 0.6 is 0 Å². The number of Topliss-reactive ketones (excluding diaryl/α,β-unsaturated/α-hetero) is 1. The fourth-order valence-electron chi connectivity index (χ4n) is 3.89. The van der Waals surface area contributed by atoms with Gasteiger partial charge < -0.3 is 14.1 Å². The number of H-pyrrole nitrogens is 1. The molecule has 1 fully saturated rings. The van der Waals surface area contributed by atoms with Crippen molar-refractivity contribution in [3.63, 3.8) is 0 Å². The molecule has 1 aliphatic rings. The summed E-state index contributed by atoms with van der Waals surface area (Å²) >= 11 is 0. The molecule has 0 aromatic carbocycles. The third-order valence-corrected chi connectivity index (χ3v) is 5.23. The van der Waals surface area contributed by atoms with E-state index < -0.39 is 5.97 Å². The number of nitrogens with zero attached hydrogens (tertiary/aromatic N) is 1. The first-order chi connectivity index (χ1) is 12.5. The lowest BCUT2D eigenvalue weighted by Crippen LogP contribution is -2.37. The zero-order valence-electron chi connectivity index (χ0n) is 15.6. The van der Waals surface area contributed by atoms with Crippen LogP contribution < -0.4 is 0 Å². The predicted molar refractivity (Wildman–Crippen MR) is 97.3 cm³/mol. The highest BCUT2D eigenvalue weighted by atomic mass is 16.5. The number of aromatic amines is 1. The monoisotopic (exact) mass is 358 g/mol. The highest BCUT2D eigenvalue weighted by Gasteiger charge is 2.28. The molecule has 0 saturated heterocycles. The second-order valence-electron chi connectivity index (χ2n) is 6.96. The summed E-state index contributed by atoms with van der Waals surface area (Å²) in [7, 11) is 1.35. The van der Waals surface area contributed by atoms with Crippen LogP contribution in [0.1, 0.15) is 63.5 Å². The van der Waals surface area contributed by atoms with Gasteiger partial charge in [0.2, 0.25) is 0 Å². The average molecular weight is 358 g/mol. The molecule has 0 atom stereocenters. The van der Waals surface area contributed by atoms with Crippen LogP contribution in [0.4, 0.5) is 0 Å². The number of ether oxygens (including phenoxy) is 1. The van der Waals surface area contributed by atoms with E-state index in [2.05, 4.69) is 9.88 Å². The fraction of sp³-hybridized carbons (Fsp3) is 0.500. The fourth-order valence-corrected chi connectivity index (χ4v) is 3.89. The Labute approximate surface area is 153 Å². The third-order valence-electron chi connectivity index (χ3n) is 5.23. The van der Waals surface area contributed by atoms with Crippen molar-refractivity contribution in [3.05, 3.63) is 46.7 Å². The van der Waals surface area contributed by atoms with E-state index in [-0.39, 0.29) is 5.78 Å². The summed E-state index contributed by atoms with van der Waals surface area (Å²) in [5.41, 5.74) is 2.26. The molecule has 1 N–H and O–H groups in total. The van der Waals surface area contributed by atoms with Crippen molar-refractivity contribution < 1.29 is 18.7 Å². The van der Waals surface area contributed by atoms with Crippen molar-refractivity contribution in [1.82, 2.24) is 9.88 Å². The number of aromatic nitrogens is 1. The highest BCUT2D eigenvalue weighted by Crippen LogP contribution is 2.26. The molecule has 6 nitrogen and oxygen atoms in total. The third kappa shape index (κ3) is 3.75. The van der Waals surface area contributed by atoms with E-state index in [0.29, 0.717) is 41.6 Å². The molecule has 140 valence electrons. The van der Waals surface area contributed by atoms with Crippen LogP contribution in [0.3, 0.4) is 0 Å². The number of rotatable bonds is 7. The summed E-state index contributed by atoms with van der Waals surface area (Å²) in [6.45, 7) is 4.49. The molecule has 0 amide bonds. The molecule has 2 heterocycles. The summed E-state index contributed by atoms with van der Waals surface area (Å²) < 4.78 is 10.3. The Bertz CT molecular complexity index is 770. The van der Waals surface area contributed by atoms with Crippen molar-refractivity contribution in [2.24, 2.45) is 0 Å². The van der Waals surface area contributed by atoms with E-state index in [4.69, 9.17) is 9.15 Å². The van der Waals surface area contributed by atoms with Crippen molar-refractivity contribution in [2.75, 3.05) is 13.7 Å². The van der Waals surface area contributed by atoms with Crippen molar-refractivity contribution in [3.8, 4) is 0 Å². The van der Waals surface area contributed by atoms with Crippen molar-refractivity contribution >= 4 is 11.8 Å². The molecule has 0 spiro atoms. The van der Waals surface area contributed by atoms with Crippen molar-refractivity contribution in [2.45, 2.75) is 52.1 Å². The standard InChI is InChI=1S/C20H26N2O4/c1-13-18(20(24)25-3)14(2)21-19(13)17(23)12-22(15-7-4-5-8-15)11-16-9-6-10-26-16/h6,9-10,15,21H,4-5,7-8,11-12H2,1-3H3. The summed E-state index contributed by atoms with van der Waals surface area (Å²) in [4.78, 5) is 30.2. The van der Waals surface area contributed by atoms with Crippen LogP contribution in [-0.2, 0) is 11.3 Å². The summed E-state index contributed by atoms with van der Waals surface area (Å²) in [6.07, 6.45) is 6.25. The average Bonchev–Trinajstić information content (AvgIpc) is 3.35. The van der Waals surface area contributed by atoms with Gasteiger partial charge in [-0.2, -0.15) is 0 Å². The number of methoxy groups -OCH3 is 1. The molecule has 2 aromatic rings. The molecule has 0 unspecified atom stereocenters. The van der Waals surface area contributed by atoms with Gasteiger partial charge in [0.25, 0.3) is 0 Å². The molecular weight excluding hydrogens is 332 g/mol. The Morgan fingerprint density at radius 3 is 2.65 bits per heavy atom. The van der Waals surface area contributed by atoms with Gasteiger partial charge in [0.05, 0.1) is 37.7 Å². The first-order valence-electron chi connectivity index (χ1n) is 9.08. The number of hydrogen-bond donors (Lipinski definition) is 1. The molecular formula is C20H26N2O4. The van der Waals surface area contributed by atoms with Crippen LogP contribution in [0.5, 0.6) is 0 Å². The molecule has 1 saturated carbocycles. The Balaban J connectivity index is 1.80. The van der Waals surface area contributed by atoms with Gasteiger partial charge in [-0.25, -0.2) is 4.79 Å². The molecule has 1 aliphatic carbocycles. The van der Waals surface area contributed by atoms with E-state index in [9.17, 15) is 9.59 Å². The van der Waals surface area contributed by atoms with Crippen LogP contribution in [0.2, 0.25) is 0 Å². The molecule has 2 aromatic heterocycles. The topological polar surface area (TPSA) is 75.5 Å². The van der Waals surface area contributed by atoms with Gasteiger partial charge in [-0.15, -0.1) is 0 Å². The number of esters is 1. The number of aryl methyl sites for hydroxylation is 1. The smallest absolute Gasteiger partial charge is 0.339 e. The van der Waals surface area contributed by atoms with Crippen LogP contribution in [0, 0.1) is 13.8 Å². The van der Waals surface area contributed by atoms with E-state index >= 15 is 0 Å². The SMILES string of the molecule is COC(=O)c1c(C)[nH]c(C(=O)CN(Cc2ccco2)C2CCCC2)c1C. The molecule has 0 bridgehead atoms. The Kier molecular flexibility index (Phi) is 5.61. The molecule has 6 heteroatoms. The Morgan fingerprint density at radius 2 is 2.04 bits per heavy atom. The first-order valence-corrected chi connectivity index (χ1v) is 9.08. The van der Waals surface area contributed by atoms with Gasteiger partial charge >= 0.3 is 5.97 Å². The van der Waals surface area contributed by atoms with Gasteiger partial charge in [-0.3, -0.25) is 9.69 Å². The number of hydrogen-bond acceptors (Lipinski definition) is 5. The molecule has 0 aliphatic heterocycles. The minimum atomic E-state index is -0.418. The largest absolute Gasteiger partial charge is 0.468 e. The lowest BCUT2D eigenvalue weighted by molar-refractivity contribution is 0.0599. The van der Waals surface area contributed by atoms with Crippen LogP contribution in [0.25, 0.3) is 0 Å². The van der Waals surface area contributed by atoms with Gasteiger partial charge in [-0.1, -0.05) is 12.8 Å². The van der Waals surface area contributed by atoms with Gasteiger partial charge in [0.1, 0.15) is 5.76 Å². The predicted octanol–water partition coefficient (Wildman–Crippen LogP) is 3.64. The normalized spacial score (nSPS) is 14.9. The van der Waals surface area contributed by atoms with Crippen LogP contribution in [-0.4, -0.2) is 41.3 Å². The second kappa shape index (κ2) is 7.91. The van der Waals surface area contributed by atoms with E-state index in [1.54, 1.807) is 20.1 Å². The maximum Gasteiger partial charge on any atom is 0.339 e. The number of carbonyl (C=O) groups is 2. The maximum atomic E-state index is 13.0. The van der Waals surface area contributed by atoms with E-state index in [1.165, 1.54) is 20.0 Å². The summed E-state index contributed by atoms with van der Waals surface area (Å²) in [6, 6.07) is 4.19. The number of ketones is 1. The van der Waals surface area contributed by atoms with Gasteiger partial charge in [-0.05, 0) is 44.4 Å². The van der Waals surface area contributed by atoms with Gasteiger partial charge in [0, 0.05) is 11.7 Å². The second-order valence-corrected chi connectivity index (χ2v) is 6.96. The van der Waals surface area contributed by atoms with E-state index in [0.717, 1.165) is 18.6 Å². The maximum absolute atomic E-state index is 13.0. The minimum Gasteiger partial charge on any atom is -0.468 e. The highest BCUT2D eigenvalue weighted by molar-refractivity contribution is 6.02. The van der Waals surface area contributed by atoms with Gasteiger partial charge in [0.15, 0.2) is 5.78 Å². The lowest BCUT2D eigenvalue weighted by Gasteiger charge is -2.27. The molecule has 3 rings (SSSR count). The zero-order valence-corrected chi connectivity index (χ0v) is 15.6.